The molecule has 2 aliphatic heterocycles. The standard InChI is InChI=1S/C20H22FN3O2/c21-16-8-6-14(7-9-16)18-13-24(10-11-26-18)20(25)17-12-22-23-19(17)15-4-2-1-3-5-15/h1-9,17-19,22-23H,10-13H2. The number of nitrogens with one attached hydrogen (secondary N) is 2. The Balaban J connectivity index is 1.47. The van der Waals surface area contributed by atoms with E-state index in [1.165, 1.54) is 12.1 Å². The lowest BCUT2D eigenvalue weighted by molar-refractivity contribution is -0.143. The number of halogens is 1. The zero-order chi connectivity index (χ0) is 17.9. The number of morpholine rings is 1. The first-order valence-electron chi connectivity index (χ1n) is 8.91. The highest BCUT2D eigenvalue weighted by Gasteiger charge is 2.38. The highest BCUT2D eigenvalue weighted by Crippen LogP contribution is 2.29. The maximum atomic E-state index is 13.1. The highest BCUT2D eigenvalue weighted by molar-refractivity contribution is 5.80. The van der Waals surface area contributed by atoms with Gasteiger partial charge >= 0.3 is 0 Å². The van der Waals surface area contributed by atoms with Crippen LogP contribution in [0.1, 0.15) is 23.3 Å². The predicted molar refractivity (Wildman–Crippen MR) is 95.5 cm³/mol. The number of hydrogen-bond acceptors (Lipinski definition) is 4. The summed E-state index contributed by atoms with van der Waals surface area (Å²) >= 11 is 0. The quantitative estimate of drug-likeness (QED) is 0.886. The van der Waals surface area contributed by atoms with Gasteiger partial charge in [-0.3, -0.25) is 10.2 Å². The summed E-state index contributed by atoms with van der Waals surface area (Å²) in [5.74, 6) is -0.317. The normalized spacial score (nSPS) is 26.0. The van der Waals surface area contributed by atoms with Gasteiger partial charge in [0.1, 0.15) is 11.9 Å². The molecule has 0 saturated carbocycles. The van der Waals surface area contributed by atoms with Gasteiger partial charge in [-0.15, -0.1) is 0 Å². The summed E-state index contributed by atoms with van der Waals surface area (Å²) < 4.78 is 19.0. The summed E-state index contributed by atoms with van der Waals surface area (Å²) in [6.07, 6.45) is -0.217. The maximum Gasteiger partial charge on any atom is 0.229 e. The largest absolute Gasteiger partial charge is 0.370 e. The summed E-state index contributed by atoms with van der Waals surface area (Å²) in [7, 11) is 0. The van der Waals surface area contributed by atoms with Crippen molar-refractivity contribution < 1.29 is 13.9 Å². The van der Waals surface area contributed by atoms with Crippen LogP contribution >= 0.6 is 0 Å². The molecule has 6 heteroatoms. The molecule has 3 atom stereocenters. The highest BCUT2D eigenvalue weighted by atomic mass is 19.1. The Hall–Kier alpha value is -2.28. The molecule has 136 valence electrons. The van der Waals surface area contributed by atoms with Gasteiger partial charge in [-0.1, -0.05) is 42.5 Å². The molecule has 2 fully saturated rings. The summed E-state index contributed by atoms with van der Waals surface area (Å²) in [5.41, 5.74) is 8.33. The molecule has 0 aliphatic carbocycles. The van der Waals surface area contributed by atoms with E-state index in [4.69, 9.17) is 4.74 Å². The van der Waals surface area contributed by atoms with E-state index in [2.05, 4.69) is 10.9 Å². The number of ether oxygens (including phenoxy) is 1. The van der Waals surface area contributed by atoms with Gasteiger partial charge in [0.2, 0.25) is 5.91 Å². The minimum Gasteiger partial charge on any atom is -0.370 e. The number of nitrogens with zero attached hydrogens (tertiary/aromatic N) is 1. The minimum atomic E-state index is -0.272. The van der Waals surface area contributed by atoms with Gasteiger partial charge in [-0.2, -0.15) is 0 Å². The zero-order valence-corrected chi connectivity index (χ0v) is 14.4. The Bertz CT molecular complexity index is 753. The third kappa shape index (κ3) is 3.49. The van der Waals surface area contributed by atoms with Gasteiger partial charge in [-0.05, 0) is 23.3 Å². The van der Waals surface area contributed by atoms with Crippen LogP contribution in [-0.4, -0.2) is 37.0 Å². The summed E-state index contributed by atoms with van der Waals surface area (Å²) in [6.45, 7) is 2.14. The maximum absolute atomic E-state index is 13.1. The van der Waals surface area contributed by atoms with Crippen molar-refractivity contribution in [2.75, 3.05) is 26.2 Å². The topological polar surface area (TPSA) is 53.6 Å². The summed E-state index contributed by atoms with van der Waals surface area (Å²) in [4.78, 5) is 15.0. The molecule has 0 aromatic heterocycles. The van der Waals surface area contributed by atoms with Crippen LogP contribution in [-0.2, 0) is 9.53 Å². The Morgan fingerprint density at radius 3 is 2.62 bits per heavy atom. The number of carbonyl (C=O) groups is 1. The van der Waals surface area contributed by atoms with E-state index < -0.39 is 0 Å². The molecular formula is C20H22FN3O2. The third-order valence-corrected chi connectivity index (χ3v) is 5.08. The van der Waals surface area contributed by atoms with Crippen LogP contribution < -0.4 is 10.9 Å². The fraction of sp³-hybridized carbons (Fsp3) is 0.350. The van der Waals surface area contributed by atoms with E-state index in [-0.39, 0.29) is 29.8 Å². The van der Waals surface area contributed by atoms with Crippen LogP contribution in [0.15, 0.2) is 54.6 Å². The molecule has 2 saturated heterocycles. The van der Waals surface area contributed by atoms with E-state index in [0.29, 0.717) is 26.2 Å². The van der Waals surface area contributed by atoms with E-state index >= 15 is 0 Å². The summed E-state index contributed by atoms with van der Waals surface area (Å²) in [5, 5.41) is 0. The molecule has 2 aromatic rings. The predicted octanol–water partition coefficient (Wildman–Crippen LogP) is 2.19. The molecule has 0 bridgehead atoms. The van der Waals surface area contributed by atoms with Crippen molar-refractivity contribution in [3.05, 3.63) is 71.5 Å². The first-order valence-corrected chi connectivity index (χ1v) is 8.91. The fourth-order valence-electron chi connectivity index (χ4n) is 3.67. The average molecular weight is 355 g/mol. The molecule has 3 unspecified atom stereocenters. The Morgan fingerprint density at radius 2 is 1.85 bits per heavy atom. The lowest BCUT2D eigenvalue weighted by Gasteiger charge is -2.35. The molecule has 4 rings (SSSR count). The van der Waals surface area contributed by atoms with Crippen molar-refractivity contribution in [3.63, 3.8) is 0 Å². The van der Waals surface area contributed by atoms with Crippen LogP contribution in [0.5, 0.6) is 0 Å². The molecule has 2 N–H and O–H groups in total. The lowest BCUT2D eigenvalue weighted by Crippen LogP contribution is -2.46. The second-order valence-corrected chi connectivity index (χ2v) is 6.72. The van der Waals surface area contributed by atoms with Crippen LogP contribution in [0, 0.1) is 11.7 Å². The van der Waals surface area contributed by atoms with E-state index in [9.17, 15) is 9.18 Å². The first-order chi connectivity index (χ1) is 12.7. The van der Waals surface area contributed by atoms with Crippen LogP contribution in [0.3, 0.4) is 0 Å². The van der Waals surface area contributed by atoms with Gasteiger partial charge < -0.3 is 9.64 Å². The SMILES string of the molecule is O=C(C1CNNC1c1ccccc1)N1CCOC(c2ccc(F)cc2)C1. The molecule has 0 radical (unpaired) electrons. The molecule has 2 heterocycles. The molecular weight excluding hydrogens is 333 g/mol. The van der Waals surface area contributed by atoms with Crippen LogP contribution in [0.4, 0.5) is 4.39 Å². The number of carbonyl (C=O) groups excluding carboxylic acids is 1. The number of rotatable bonds is 3. The van der Waals surface area contributed by atoms with Gasteiger partial charge in [0.05, 0.1) is 25.1 Å². The van der Waals surface area contributed by atoms with E-state index in [1.807, 2.05) is 35.2 Å². The zero-order valence-electron chi connectivity index (χ0n) is 14.4. The number of hydrazine groups is 1. The van der Waals surface area contributed by atoms with Gasteiger partial charge in [0.15, 0.2) is 0 Å². The second kappa shape index (κ2) is 7.53. The summed E-state index contributed by atoms with van der Waals surface area (Å²) in [6, 6.07) is 16.3. The Kier molecular flexibility index (Phi) is 4.97. The third-order valence-electron chi connectivity index (χ3n) is 5.08. The second-order valence-electron chi connectivity index (χ2n) is 6.72. The van der Waals surface area contributed by atoms with E-state index in [1.54, 1.807) is 12.1 Å². The monoisotopic (exact) mass is 355 g/mol. The molecule has 0 spiro atoms. The average Bonchev–Trinajstić information content (AvgIpc) is 3.18. The molecule has 2 aliphatic rings. The van der Waals surface area contributed by atoms with Crippen molar-refractivity contribution in [3.8, 4) is 0 Å². The van der Waals surface area contributed by atoms with E-state index in [0.717, 1.165) is 11.1 Å². The molecule has 1 amide bonds. The fourth-order valence-corrected chi connectivity index (χ4v) is 3.67. The Morgan fingerprint density at radius 1 is 1.08 bits per heavy atom. The Labute approximate surface area is 152 Å². The van der Waals surface area contributed by atoms with Crippen molar-refractivity contribution in [2.24, 2.45) is 5.92 Å². The number of hydrogen-bond donors (Lipinski definition) is 2. The van der Waals surface area contributed by atoms with Crippen molar-refractivity contribution in [2.45, 2.75) is 12.1 Å². The minimum absolute atomic E-state index is 0.0455. The van der Waals surface area contributed by atoms with Crippen LogP contribution in [0.2, 0.25) is 0 Å². The van der Waals surface area contributed by atoms with Crippen molar-refractivity contribution >= 4 is 5.91 Å². The van der Waals surface area contributed by atoms with Crippen LogP contribution in [0.25, 0.3) is 0 Å². The van der Waals surface area contributed by atoms with Crippen molar-refractivity contribution in [1.29, 1.82) is 0 Å². The molecule has 5 nitrogen and oxygen atoms in total. The van der Waals surface area contributed by atoms with Gasteiger partial charge in [-0.25, -0.2) is 9.82 Å². The number of amides is 1. The smallest absolute Gasteiger partial charge is 0.229 e. The lowest BCUT2D eigenvalue weighted by atomic mass is 9.93. The van der Waals surface area contributed by atoms with Crippen molar-refractivity contribution in [1.82, 2.24) is 15.8 Å². The molecule has 26 heavy (non-hydrogen) atoms. The van der Waals surface area contributed by atoms with Gasteiger partial charge in [0, 0.05) is 13.1 Å². The molecule has 2 aromatic carbocycles. The first kappa shape index (κ1) is 17.1. The number of benzene rings is 2. The van der Waals surface area contributed by atoms with Gasteiger partial charge in [0.25, 0.3) is 0 Å².